The van der Waals surface area contributed by atoms with Crippen LogP contribution >= 0.6 is 0 Å². The third-order valence-electron chi connectivity index (χ3n) is 1.47. The van der Waals surface area contributed by atoms with Crippen LogP contribution in [0.25, 0.3) is 0 Å². The van der Waals surface area contributed by atoms with Crippen LogP contribution in [0.4, 0.5) is 22.0 Å². The molecule has 0 spiro atoms. The number of carbonyl (C=O) groups excluding carboxylic acids is 1. The van der Waals surface area contributed by atoms with Crippen molar-refractivity contribution >= 4 is 6.29 Å². The predicted molar refractivity (Wildman–Crippen MR) is 37.8 cm³/mol. The molecule has 0 N–H and O–H groups in total. The molecular weight excluding hydrogens is 223 g/mol. The van der Waals surface area contributed by atoms with E-state index in [1.54, 1.807) is 0 Å². The summed E-state index contributed by atoms with van der Waals surface area (Å²) in [6, 6.07) is 0. The van der Waals surface area contributed by atoms with E-state index in [1.165, 1.54) is 0 Å². The molecule has 0 aliphatic heterocycles. The maximum Gasteiger partial charge on any atom is 0.207 e. The first kappa shape index (κ1) is 11.4. The van der Waals surface area contributed by atoms with E-state index in [0.717, 1.165) is 0 Å². The molecule has 0 saturated carbocycles. The number of hydrogen-bond donors (Lipinski definition) is 0. The van der Waals surface area contributed by atoms with Crippen molar-refractivity contribution in [1.29, 1.82) is 0 Å². The number of halogens is 5. The van der Waals surface area contributed by atoms with Crippen molar-refractivity contribution in [3.05, 3.63) is 29.1 Å². The Bertz CT molecular complexity index is 376. The number of ether oxygens (including phenoxy) is 1. The summed E-state index contributed by atoms with van der Waals surface area (Å²) in [5.74, 6) is -12.2. The minimum Gasteiger partial charge on any atom is -0.480 e. The van der Waals surface area contributed by atoms with E-state index in [-0.39, 0.29) is 6.29 Å². The molecule has 0 aromatic heterocycles. The van der Waals surface area contributed by atoms with Gasteiger partial charge in [0, 0.05) is 0 Å². The van der Waals surface area contributed by atoms with E-state index in [9.17, 15) is 26.7 Å². The second kappa shape index (κ2) is 4.24. The van der Waals surface area contributed by atoms with Gasteiger partial charge in [-0.3, -0.25) is 4.79 Å². The Labute approximate surface area is 80.3 Å². The summed E-state index contributed by atoms with van der Waals surface area (Å²) in [5.41, 5.74) is 0. The fourth-order valence-corrected chi connectivity index (χ4v) is 0.829. The van der Waals surface area contributed by atoms with E-state index in [0.29, 0.717) is 0 Å². The quantitative estimate of drug-likeness (QED) is 0.341. The van der Waals surface area contributed by atoms with Crippen LogP contribution in [0.3, 0.4) is 0 Å². The lowest BCUT2D eigenvalue weighted by atomic mass is 10.2. The smallest absolute Gasteiger partial charge is 0.207 e. The molecule has 1 aromatic rings. The van der Waals surface area contributed by atoms with Crippen LogP contribution in [0.15, 0.2) is 0 Å². The molecular formula is C8H3F5O2. The zero-order valence-electron chi connectivity index (χ0n) is 6.99. The van der Waals surface area contributed by atoms with Crippen LogP contribution < -0.4 is 4.74 Å². The minimum atomic E-state index is -2.27. The summed E-state index contributed by atoms with van der Waals surface area (Å²) in [7, 11) is 0. The monoisotopic (exact) mass is 226 g/mol. The van der Waals surface area contributed by atoms with Crippen molar-refractivity contribution in [2.24, 2.45) is 0 Å². The summed E-state index contributed by atoms with van der Waals surface area (Å²) in [4.78, 5) is 9.81. The Morgan fingerprint density at radius 1 is 0.867 bits per heavy atom. The number of aldehydes is 1. The van der Waals surface area contributed by atoms with Gasteiger partial charge < -0.3 is 4.74 Å². The van der Waals surface area contributed by atoms with Gasteiger partial charge in [0.2, 0.25) is 29.1 Å². The highest BCUT2D eigenvalue weighted by Crippen LogP contribution is 2.28. The van der Waals surface area contributed by atoms with Gasteiger partial charge in [0.1, 0.15) is 6.61 Å². The Balaban J connectivity index is 3.31. The molecule has 0 atom stereocenters. The zero-order chi connectivity index (χ0) is 11.6. The van der Waals surface area contributed by atoms with E-state index < -0.39 is 41.4 Å². The molecule has 7 heteroatoms. The average molecular weight is 226 g/mol. The first-order valence-electron chi connectivity index (χ1n) is 3.58. The number of hydrogen-bond acceptors (Lipinski definition) is 2. The molecule has 0 aliphatic carbocycles. The fraction of sp³-hybridized carbons (Fsp3) is 0.125. The van der Waals surface area contributed by atoms with Gasteiger partial charge in [-0.2, -0.15) is 8.78 Å². The normalized spacial score (nSPS) is 10.2. The van der Waals surface area contributed by atoms with Crippen LogP contribution in [0, 0.1) is 29.1 Å². The lowest BCUT2D eigenvalue weighted by Gasteiger charge is -2.07. The van der Waals surface area contributed by atoms with Crippen molar-refractivity contribution in [2.75, 3.05) is 6.61 Å². The van der Waals surface area contributed by atoms with Gasteiger partial charge in [-0.15, -0.1) is 0 Å². The molecule has 0 fully saturated rings. The molecule has 2 nitrogen and oxygen atoms in total. The van der Waals surface area contributed by atoms with Crippen molar-refractivity contribution < 1.29 is 31.5 Å². The second-order valence-electron chi connectivity index (χ2n) is 2.38. The summed E-state index contributed by atoms with van der Waals surface area (Å²) < 4.78 is 67.1. The highest BCUT2D eigenvalue weighted by atomic mass is 19.2. The van der Waals surface area contributed by atoms with Crippen molar-refractivity contribution in [1.82, 2.24) is 0 Å². The summed E-state index contributed by atoms with van der Waals surface area (Å²) in [5, 5.41) is 0. The van der Waals surface area contributed by atoms with Gasteiger partial charge in [0.25, 0.3) is 0 Å². The van der Waals surface area contributed by atoms with Gasteiger partial charge in [-0.25, -0.2) is 13.2 Å². The Hall–Kier alpha value is -1.66. The molecule has 0 aliphatic rings. The maximum absolute atomic E-state index is 12.8. The van der Waals surface area contributed by atoms with Crippen LogP contribution in [0.5, 0.6) is 5.75 Å². The maximum atomic E-state index is 12.8. The van der Waals surface area contributed by atoms with E-state index in [4.69, 9.17) is 0 Å². The van der Waals surface area contributed by atoms with Gasteiger partial charge in [-0.05, 0) is 0 Å². The van der Waals surface area contributed by atoms with E-state index in [2.05, 4.69) is 4.74 Å². The van der Waals surface area contributed by atoms with Gasteiger partial charge >= 0.3 is 0 Å². The Kier molecular flexibility index (Phi) is 3.23. The van der Waals surface area contributed by atoms with Crippen molar-refractivity contribution in [3.8, 4) is 5.75 Å². The van der Waals surface area contributed by atoms with Crippen LogP contribution in [-0.4, -0.2) is 12.9 Å². The molecule has 0 amide bonds. The molecule has 1 aromatic carbocycles. The Morgan fingerprint density at radius 3 is 1.67 bits per heavy atom. The lowest BCUT2D eigenvalue weighted by molar-refractivity contribution is -0.109. The zero-order valence-corrected chi connectivity index (χ0v) is 6.99. The standard InChI is InChI=1S/C8H3F5O2/c9-3-4(10)6(12)8(15-2-1-14)7(13)5(3)11/h1H,2H2. The van der Waals surface area contributed by atoms with Crippen LogP contribution in [-0.2, 0) is 4.79 Å². The van der Waals surface area contributed by atoms with Crippen molar-refractivity contribution in [2.45, 2.75) is 0 Å². The molecule has 0 radical (unpaired) electrons. The largest absolute Gasteiger partial charge is 0.480 e. The molecule has 0 unspecified atom stereocenters. The number of rotatable bonds is 3. The summed E-state index contributed by atoms with van der Waals surface area (Å²) in [6.07, 6.45) is 0.109. The van der Waals surface area contributed by atoms with E-state index in [1.807, 2.05) is 0 Å². The van der Waals surface area contributed by atoms with E-state index >= 15 is 0 Å². The first-order chi connectivity index (χ1) is 7.00. The van der Waals surface area contributed by atoms with Crippen LogP contribution in [0.1, 0.15) is 0 Å². The SMILES string of the molecule is O=CCOc1c(F)c(F)c(F)c(F)c1F. The predicted octanol–water partition coefficient (Wildman–Crippen LogP) is 1.96. The molecule has 1 rings (SSSR count). The molecule has 0 heterocycles. The van der Waals surface area contributed by atoms with Crippen molar-refractivity contribution in [3.63, 3.8) is 0 Å². The second-order valence-corrected chi connectivity index (χ2v) is 2.38. The van der Waals surface area contributed by atoms with Gasteiger partial charge in [0.15, 0.2) is 12.0 Å². The first-order valence-corrected chi connectivity index (χ1v) is 3.58. The minimum absolute atomic E-state index is 0.109. The van der Waals surface area contributed by atoms with Gasteiger partial charge in [0.05, 0.1) is 0 Å². The summed E-state index contributed by atoms with van der Waals surface area (Å²) >= 11 is 0. The lowest BCUT2D eigenvalue weighted by Crippen LogP contribution is -2.08. The molecule has 0 bridgehead atoms. The molecule has 82 valence electrons. The third kappa shape index (κ3) is 1.90. The summed E-state index contributed by atoms with van der Waals surface area (Å²) in [6.45, 7) is -0.807. The number of carbonyl (C=O) groups is 1. The highest BCUT2D eigenvalue weighted by Gasteiger charge is 2.26. The van der Waals surface area contributed by atoms with Gasteiger partial charge in [-0.1, -0.05) is 0 Å². The number of benzene rings is 1. The average Bonchev–Trinajstić information content (AvgIpc) is 2.24. The Morgan fingerprint density at radius 2 is 1.27 bits per heavy atom. The third-order valence-corrected chi connectivity index (χ3v) is 1.47. The molecule has 15 heavy (non-hydrogen) atoms. The topological polar surface area (TPSA) is 26.3 Å². The highest BCUT2D eigenvalue weighted by molar-refractivity contribution is 5.51. The van der Waals surface area contributed by atoms with Crippen LogP contribution in [0.2, 0.25) is 0 Å². The fourth-order valence-electron chi connectivity index (χ4n) is 0.829. The molecule has 0 saturated heterocycles.